The molecule has 0 saturated carbocycles. The summed E-state index contributed by atoms with van der Waals surface area (Å²) in [5, 5.41) is 12.9. The third kappa shape index (κ3) is 3.13. The van der Waals surface area contributed by atoms with Gasteiger partial charge in [0.05, 0.1) is 29.3 Å². The van der Waals surface area contributed by atoms with Gasteiger partial charge in [0.25, 0.3) is 0 Å². The number of rotatable bonds is 3. The number of hydrogen-bond donors (Lipinski definition) is 1. The lowest BCUT2D eigenvalue weighted by Gasteiger charge is -2.21. The molecule has 5 rings (SSSR count). The molecule has 0 atom stereocenters. The molecule has 1 fully saturated rings. The fourth-order valence-electron chi connectivity index (χ4n) is 3.85. The molecule has 0 amide bonds. The molecule has 0 aromatic carbocycles. The first-order valence-electron chi connectivity index (χ1n) is 9.83. The normalized spacial score (nSPS) is 15.1. The van der Waals surface area contributed by atoms with E-state index < -0.39 is 0 Å². The molecule has 0 radical (unpaired) electrons. The van der Waals surface area contributed by atoms with E-state index in [1.165, 1.54) is 25.7 Å². The minimum absolute atomic E-state index is 0.860. The van der Waals surface area contributed by atoms with Crippen LogP contribution in [-0.4, -0.2) is 43.0 Å². The minimum Gasteiger partial charge on any atom is -0.357 e. The average molecular weight is 373 g/mol. The summed E-state index contributed by atoms with van der Waals surface area (Å²) in [6.07, 6.45) is 10.7. The first-order valence-corrected chi connectivity index (χ1v) is 9.83. The lowest BCUT2D eigenvalue weighted by atomic mass is 10.1. The summed E-state index contributed by atoms with van der Waals surface area (Å²) in [5.74, 6) is 1.04. The molecule has 0 bridgehead atoms. The molecule has 5 heterocycles. The van der Waals surface area contributed by atoms with Gasteiger partial charge >= 0.3 is 0 Å². The van der Waals surface area contributed by atoms with Gasteiger partial charge in [-0.05, 0) is 31.0 Å². The number of aromatic nitrogens is 6. The van der Waals surface area contributed by atoms with E-state index in [2.05, 4.69) is 43.4 Å². The highest BCUT2D eigenvalue weighted by Gasteiger charge is 2.15. The number of nitrogens with one attached hydrogen (secondary N) is 1. The van der Waals surface area contributed by atoms with E-state index in [1.54, 1.807) is 4.68 Å². The SMILES string of the molecule is Cn1cc(-c2cc3c(-c4cccc(N5CCCCCC5)n4)n[nH]c3cn2)cn1. The van der Waals surface area contributed by atoms with E-state index in [-0.39, 0.29) is 0 Å². The van der Waals surface area contributed by atoms with Crippen LogP contribution in [0.5, 0.6) is 0 Å². The number of nitrogens with zero attached hydrogens (tertiary/aromatic N) is 6. The summed E-state index contributed by atoms with van der Waals surface area (Å²) in [5.41, 5.74) is 4.52. The van der Waals surface area contributed by atoms with Gasteiger partial charge in [-0.2, -0.15) is 10.2 Å². The van der Waals surface area contributed by atoms with Crippen LogP contribution in [0.4, 0.5) is 5.82 Å². The molecule has 1 aliphatic heterocycles. The van der Waals surface area contributed by atoms with E-state index in [9.17, 15) is 0 Å². The highest BCUT2D eigenvalue weighted by molar-refractivity contribution is 5.93. The topological polar surface area (TPSA) is 75.5 Å². The second-order valence-electron chi connectivity index (χ2n) is 7.37. The van der Waals surface area contributed by atoms with E-state index in [0.29, 0.717) is 0 Å². The number of aromatic amines is 1. The van der Waals surface area contributed by atoms with Crippen LogP contribution in [0.15, 0.2) is 42.9 Å². The van der Waals surface area contributed by atoms with Crippen molar-refractivity contribution >= 4 is 16.7 Å². The van der Waals surface area contributed by atoms with Crippen LogP contribution < -0.4 is 4.90 Å². The first-order chi connectivity index (χ1) is 13.8. The maximum absolute atomic E-state index is 4.94. The van der Waals surface area contributed by atoms with Gasteiger partial charge < -0.3 is 4.90 Å². The number of H-pyrrole nitrogens is 1. The first kappa shape index (κ1) is 16.9. The molecular formula is C21H23N7. The predicted molar refractivity (Wildman–Crippen MR) is 110 cm³/mol. The van der Waals surface area contributed by atoms with Crippen molar-refractivity contribution in [2.75, 3.05) is 18.0 Å². The molecule has 4 aromatic rings. The minimum atomic E-state index is 0.860. The van der Waals surface area contributed by atoms with Gasteiger partial charge in [-0.25, -0.2) is 4.98 Å². The van der Waals surface area contributed by atoms with Crippen molar-refractivity contribution in [2.45, 2.75) is 25.7 Å². The Hall–Kier alpha value is -3.22. The van der Waals surface area contributed by atoms with Gasteiger partial charge in [0.2, 0.25) is 0 Å². The van der Waals surface area contributed by atoms with E-state index in [4.69, 9.17) is 4.98 Å². The zero-order valence-corrected chi connectivity index (χ0v) is 16.0. The molecule has 28 heavy (non-hydrogen) atoms. The number of fused-ring (bicyclic) bond motifs is 1. The van der Waals surface area contributed by atoms with Crippen molar-refractivity contribution in [2.24, 2.45) is 7.05 Å². The van der Waals surface area contributed by atoms with Crippen molar-refractivity contribution < 1.29 is 0 Å². The number of pyridine rings is 2. The summed E-state index contributed by atoms with van der Waals surface area (Å²) in [7, 11) is 1.91. The van der Waals surface area contributed by atoms with Gasteiger partial charge in [0.15, 0.2) is 0 Å². The monoisotopic (exact) mass is 373 g/mol. The number of aryl methyl sites for hydroxylation is 1. The van der Waals surface area contributed by atoms with Crippen LogP contribution in [0.25, 0.3) is 33.5 Å². The lowest BCUT2D eigenvalue weighted by Crippen LogP contribution is -2.24. The molecule has 0 spiro atoms. The molecule has 7 nitrogen and oxygen atoms in total. The Labute approximate surface area is 163 Å². The fraction of sp³-hybridized carbons (Fsp3) is 0.333. The number of anilines is 1. The largest absolute Gasteiger partial charge is 0.357 e. The molecule has 0 aliphatic carbocycles. The van der Waals surface area contributed by atoms with Crippen molar-refractivity contribution in [3.63, 3.8) is 0 Å². The fourth-order valence-corrected chi connectivity index (χ4v) is 3.85. The summed E-state index contributed by atoms with van der Waals surface area (Å²) in [6, 6.07) is 8.27. The van der Waals surface area contributed by atoms with Crippen molar-refractivity contribution in [3.05, 3.63) is 42.9 Å². The van der Waals surface area contributed by atoms with Crippen LogP contribution in [0.2, 0.25) is 0 Å². The lowest BCUT2D eigenvalue weighted by molar-refractivity contribution is 0.726. The van der Waals surface area contributed by atoms with Crippen LogP contribution in [0.3, 0.4) is 0 Å². The molecular weight excluding hydrogens is 350 g/mol. The maximum atomic E-state index is 4.94. The van der Waals surface area contributed by atoms with Crippen LogP contribution in [0.1, 0.15) is 25.7 Å². The van der Waals surface area contributed by atoms with E-state index >= 15 is 0 Å². The van der Waals surface area contributed by atoms with Crippen molar-refractivity contribution in [1.29, 1.82) is 0 Å². The summed E-state index contributed by atoms with van der Waals surface area (Å²) in [4.78, 5) is 11.9. The van der Waals surface area contributed by atoms with Crippen molar-refractivity contribution in [1.82, 2.24) is 29.9 Å². The Morgan fingerprint density at radius 2 is 1.86 bits per heavy atom. The molecule has 0 unspecified atom stereocenters. The molecule has 7 heteroatoms. The Bertz CT molecular complexity index is 1100. The molecule has 1 saturated heterocycles. The molecule has 1 N–H and O–H groups in total. The quantitative estimate of drug-likeness (QED) is 0.591. The van der Waals surface area contributed by atoms with Gasteiger partial charge in [-0.15, -0.1) is 0 Å². The Morgan fingerprint density at radius 1 is 1.00 bits per heavy atom. The Kier molecular flexibility index (Phi) is 4.27. The number of hydrogen-bond acceptors (Lipinski definition) is 5. The van der Waals surface area contributed by atoms with Crippen LogP contribution in [-0.2, 0) is 7.05 Å². The van der Waals surface area contributed by atoms with Gasteiger partial charge in [0.1, 0.15) is 11.5 Å². The molecule has 4 aromatic heterocycles. The standard InChI is InChI=1S/C21H23N7/c1-27-14-15(12-23-27)18-11-16-19(13-22-18)25-26-21(16)17-7-6-8-20(24-17)28-9-4-2-3-5-10-28/h6-8,11-14H,2-5,9-10H2,1H3,(H,25,26). The summed E-state index contributed by atoms with van der Waals surface area (Å²) in [6.45, 7) is 2.15. The van der Waals surface area contributed by atoms with Crippen LogP contribution >= 0.6 is 0 Å². The summed E-state index contributed by atoms with van der Waals surface area (Å²) < 4.78 is 1.78. The predicted octanol–water partition coefficient (Wildman–Crippen LogP) is 3.80. The Morgan fingerprint density at radius 3 is 2.64 bits per heavy atom. The van der Waals surface area contributed by atoms with Crippen molar-refractivity contribution in [3.8, 4) is 22.6 Å². The van der Waals surface area contributed by atoms with Gasteiger partial charge in [-0.3, -0.25) is 14.8 Å². The highest BCUT2D eigenvalue weighted by Crippen LogP contribution is 2.29. The highest BCUT2D eigenvalue weighted by atomic mass is 15.2. The zero-order chi connectivity index (χ0) is 18.9. The third-order valence-corrected chi connectivity index (χ3v) is 5.35. The maximum Gasteiger partial charge on any atom is 0.129 e. The van der Waals surface area contributed by atoms with Crippen LogP contribution in [0, 0.1) is 0 Å². The molecule has 142 valence electrons. The van der Waals surface area contributed by atoms with E-state index in [1.807, 2.05) is 31.7 Å². The third-order valence-electron chi connectivity index (χ3n) is 5.35. The van der Waals surface area contributed by atoms with Gasteiger partial charge in [-0.1, -0.05) is 18.9 Å². The zero-order valence-electron chi connectivity index (χ0n) is 16.0. The average Bonchev–Trinajstić information content (AvgIpc) is 3.24. The molecule has 1 aliphatic rings. The second kappa shape index (κ2) is 7.07. The summed E-state index contributed by atoms with van der Waals surface area (Å²) >= 11 is 0. The Balaban J connectivity index is 1.54. The smallest absolute Gasteiger partial charge is 0.129 e. The van der Waals surface area contributed by atoms with E-state index in [0.717, 1.165) is 52.5 Å². The second-order valence-corrected chi connectivity index (χ2v) is 7.37. The van der Waals surface area contributed by atoms with Gasteiger partial charge in [0, 0.05) is 37.3 Å².